The maximum Gasteiger partial charge on any atom is 0.257 e. The zero-order valence-electron chi connectivity index (χ0n) is 24.0. The van der Waals surface area contributed by atoms with E-state index in [4.69, 9.17) is 0 Å². The van der Waals surface area contributed by atoms with Crippen LogP contribution in [0.25, 0.3) is 0 Å². The van der Waals surface area contributed by atoms with Crippen LogP contribution in [0, 0.1) is 0 Å². The van der Waals surface area contributed by atoms with Gasteiger partial charge in [0.25, 0.3) is 5.82 Å². The van der Waals surface area contributed by atoms with Gasteiger partial charge in [-0.05, 0) is 32.6 Å². The maximum absolute atomic E-state index is 3.61. The fourth-order valence-corrected chi connectivity index (χ4v) is 5.55. The van der Waals surface area contributed by atoms with Gasteiger partial charge in [0.1, 0.15) is 12.4 Å². The number of hydrogen-bond acceptors (Lipinski definition) is 0. The summed E-state index contributed by atoms with van der Waals surface area (Å²) in [6, 6.07) is 0.622. The Kier molecular flexibility index (Phi) is 20.8. The molecule has 0 spiro atoms. The summed E-state index contributed by atoms with van der Waals surface area (Å²) < 4.78 is 2.56. The third-order valence-electron chi connectivity index (χ3n) is 7.98. The number of H-pyrrole nitrogens is 1. The van der Waals surface area contributed by atoms with Gasteiger partial charge in [0.15, 0.2) is 0 Å². The predicted molar refractivity (Wildman–Crippen MR) is 152 cm³/mol. The molecule has 2 atom stereocenters. The Hall–Kier alpha value is -0.790. The van der Waals surface area contributed by atoms with Crippen LogP contribution < -0.4 is 4.57 Å². The molecule has 2 unspecified atom stereocenters. The molecule has 1 rings (SSSR count). The monoisotopic (exact) mass is 475 g/mol. The van der Waals surface area contributed by atoms with Crippen LogP contribution in [0.3, 0.4) is 0 Å². The Morgan fingerprint density at radius 1 is 0.588 bits per heavy atom. The summed E-state index contributed by atoms with van der Waals surface area (Å²) in [4.78, 5) is 3.61. The van der Waals surface area contributed by atoms with Crippen molar-refractivity contribution >= 4 is 0 Å². The quantitative estimate of drug-likeness (QED) is 0.107. The second kappa shape index (κ2) is 22.7. The topological polar surface area (TPSA) is 19.7 Å². The molecule has 200 valence electrons. The maximum atomic E-state index is 3.61. The average molecular weight is 476 g/mol. The molecular weight excluding hydrogens is 412 g/mol. The normalized spacial score (nSPS) is 13.4. The van der Waals surface area contributed by atoms with Gasteiger partial charge >= 0.3 is 0 Å². The smallest absolute Gasteiger partial charge is 0.247 e. The molecule has 1 aromatic heterocycles. The van der Waals surface area contributed by atoms with Crippen LogP contribution in [-0.4, -0.2) is 4.98 Å². The number of hydrogen-bond donors (Lipinski definition) is 1. The van der Waals surface area contributed by atoms with Crippen LogP contribution in [0.15, 0.2) is 12.4 Å². The van der Waals surface area contributed by atoms with Crippen LogP contribution in [0.2, 0.25) is 0 Å². The molecule has 2 heteroatoms. The lowest BCUT2D eigenvalue weighted by Gasteiger charge is -2.16. The van der Waals surface area contributed by atoms with Crippen molar-refractivity contribution in [1.82, 2.24) is 4.98 Å². The minimum Gasteiger partial charge on any atom is -0.247 e. The number of imidazole rings is 1. The van der Waals surface area contributed by atoms with E-state index in [0.717, 1.165) is 0 Å². The van der Waals surface area contributed by atoms with E-state index in [1.54, 1.807) is 0 Å². The van der Waals surface area contributed by atoms with Crippen LogP contribution in [-0.2, 0) is 0 Å². The molecule has 0 aromatic carbocycles. The van der Waals surface area contributed by atoms with Crippen molar-refractivity contribution in [2.24, 2.45) is 0 Å². The van der Waals surface area contributed by atoms with Crippen molar-refractivity contribution in [3.8, 4) is 0 Å². The van der Waals surface area contributed by atoms with Gasteiger partial charge in [0.05, 0.1) is 12.0 Å². The zero-order valence-corrected chi connectivity index (χ0v) is 24.0. The second-order valence-corrected chi connectivity index (χ2v) is 11.1. The molecule has 1 aromatic rings. The van der Waals surface area contributed by atoms with Crippen LogP contribution >= 0.6 is 0 Å². The second-order valence-electron chi connectivity index (χ2n) is 11.1. The van der Waals surface area contributed by atoms with Crippen molar-refractivity contribution in [2.75, 3.05) is 0 Å². The van der Waals surface area contributed by atoms with Gasteiger partial charge in [0, 0.05) is 0 Å². The molecule has 1 heterocycles. The highest BCUT2D eigenvalue weighted by Crippen LogP contribution is 2.24. The zero-order chi connectivity index (χ0) is 24.7. The number of nitrogens with one attached hydrogen (secondary N) is 1. The number of nitrogens with zero attached hydrogens (tertiary/aromatic N) is 1. The fourth-order valence-electron chi connectivity index (χ4n) is 5.55. The highest BCUT2D eigenvalue weighted by Gasteiger charge is 2.24. The largest absolute Gasteiger partial charge is 0.257 e. The molecule has 0 saturated heterocycles. The molecule has 0 bridgehead atoms. The molecule has 34 heavy (non-hydrogen) atoms. The molecule has 0 fully saturated rings. The van der Waals surface area contributed by atoms with Gasteiger partial charge in [-0.2, -0.15) is 0 Å². The van der Waals surface area contributed by atoms with Crippen molar-refractivity contribution in [1.29, 1.82) is 0 Å². The van der Waals surface area contributed by atoms with E-state index < -0.39 is 0 Å². The first kappa shape index (κ1) is 31.2. The molecule has 1 N–H and O–H groups in total. The highest BCUT2D eigenvalue weighted by molar-refractivity contribution is 4.89. The van der Waals surface area contributed by atoms with Gasteiger partial charge in [-0.3, -0.25) is 0 Å². The van der Waals surface area contributed by atoms with E-state index in [1.807, 2.05) is 0 Å². The Morgan fingerprint density at radius 2 is 1.00 bits per heavy atom. The predicted octanol–water partition coefficient (Wildman–Crippen LogP) is 11.0. The number of unbranched alkanes of at least 4 members (excludes halogenated alkanes) is 18. The summed E-state index contributed by atoms with van der Waals surface area (Å²) in [5.41, 5.74) is 0. The first-order chi connectivity index (χ1) is 16.7. The van der Waals surface area contributed by atoms with Gasteiger partial charge in [-0.1, -0.05) is 143 Å². The average Bonchev–Trinajstić information content (AvgIpc) is 3.33. The van der Waals surface area contributed by atoms with Crippen molar-refractivity contribution in [3.63, 3.8) is 0 Å². The van der Waals surface area contributed by atoms with Crippen molar-refractivity contribution in [2.45, 2.75) is 187 Å². The fraction of sp³-hybridized carbons (Fsp3) is 0.906. The summed E-state index contributed by atoms with van der Waals surface area (Å²) in [5, 5.41) is 0. The van der Waals surface area contributed by atoms with E-state index in [-0.39, 0.29) is 0 Å². The van der Waals surface area contributed by atoms with Gasteiger partial charge in [-0.15, -0.1) is 0 Å². The molecule has 0 aliphatic heterocycles. The van der Waals surface area contributed by atoms with Crippen LogP contribution in [0.4, 0.5) is 0 Å². The SMILES string of the molecule is CCCCCCCCCCCCCCCCC(C)[n+]1cc[nH]c1C(CC)CCCCCCCC. The summed E-state index contributed by atoms with van der Waals surface area (Å²) >= 11 is 0. The highest BCUT2D eigenvalue weighted by atomic mass is 15.1. The van der Waals surface area contributed by atoms with Gasteiger partial charge < -0.3 is 0 Å². The Labute approximate surface area is 215 Å². The summed E-state index contributed by atoms with van der Waals surface area (Å²) in [5.74, 6) is 2.17. The van der Waals surface area contributed by atoms with E-state index >= 15 is 0 Å². The van der Waals surface area contributed by atoms with Crippen molar-refractivity contribution in [3.05, 3.63) is 18.2 Å². The minimum atomic E-state index is 0.622. The minimum absolute atomic E-state index is 0.622. The first-order valence-corrected chi connectivity index (χ1v) is 15.8. The van der Waals surface area contributed by atoms with Crippen molar-refractivity contribution < 1.29 is 4.57 Å². The molecule has 0 radical (unpaired) electrons. The lowest BCUT2D eigenvalue weighted by atomic mass is 9.96. The Bertz CT molecular complexity index is 535. The van der Waals surface area contributed by atoms with Crippen LogP contribution in [0.1, 0.15) is 193 Å². The molecule has 2 nitrogen and oxygen atoms in total. The number of rotatable bonds is 25. The molecule has 0 saturated carbocycles. The first-order valence-electron chi connectivity index (χ1n) is 15.8. The third-order valence-corrected chi connectivity index (χ3v) is 7.98. The molecule has 0 amide bonds. The Morgan fingerprint density at radius 3 is 1.44 bits per heavy atom. The van der Waals surface area contributed by atoms with Gasteiger partial charge in [0.2, 0.25) is 0 Å². The third kappa shape index (κ3) is 15.3. The number of aromatic amines is 1. The summed E-state index contributed by atoms with van der Waals surface area (Å²) in [6.45, 7) is 9.40. The van der Waals surface area contributed by atoms with E-state index in [2.05, 4.69) is 49.6 Å². The molecule has 0 aliphatic carbocycles. The summed E-state index contributed by atoms with van der Waals surface area (Å²) in [7, 11) is 0. The Balaban J connectivity index is 2.10. The molecular formula is C32H63N2+. The number of aromatic nitrogens is 2. The van der Waals surface area contributed by atoms with E-state index in [9.17, 15) is 0 Å². The summed E-state index contributed by atoms with van der Waals surface area (Å²) in [6.07, 6.45) is 37.0. The van der Waals surface area contributed by atoms with Crippen LogP contribution in [0.5, 0.6) is 0 Å². The van der Waals surface area contributed by atoms with E-state index in [0.29, 0.717) is 12.0 Å². The molecule has 0 aliphatic rings. The lowest BCUT2D eigenvalue weighted by molar-refractivity contribution is -0.727. The standard InChI is InChI=1S/C32H62N2/c1-5-8-10-12-14-15-16-17-18-19-20-21-22-24-26-30(4)34-29-28-33-32(34)31(7-3)27-25-23-13-11-9-6-2/h28-31H,5-27H2,1-4H3/p+1. The van der Waals surface area contributed by atoms with Gasteiger partial charge in [-0.25, -0.2) is 9.55 Å². The lowest BCUT2D eigenvalue weighted by Crippen LogP contribution is -2.41. The van der Waals surface area contributed by atoms with E-state index in [1.165, 1.54) is 154 Å².